The number of rotatable bonds is 10. The number of anilines is 1. The molecule has 0 spiro atoms. The average Bonchev–Trinajstić information content (AvgIpc) is 3.52. The Kier molecular flexibility index (Phi) is 8.77. The number of likely N-dealkylation sites (tertiary alicyclic amines) is 1. The molecule has 2 aliphatic rings. The predicted octanol–water partition coefficient (Wildman–Crippen LogP) is 5.66. The van der Waals surface area contributed by atoms with Crippen molar-refractivity contribution in [3.8, 4) is 5.75 Å². The molecular formula is C31H40N2O5. The molecule has 0 aromatic heterocycles. The Hall–Kier alpha value is -3.32. The van der Waals surface area contributed by atoms with Gasteiger partial charge >= 0.3 is 0 Å². The highest BCUT2D eigenvalue weighted by atomic mass is 16.5. The van der Waals surface area contributed by atoms with Crippen LogP contribution in [0.2, 0.25) is 0 Å². The van der Waals surface area contributed by atoms with Gasteiger partial charge in [-0.05, 0) is 81.0 Å². The molecule has 4 rings (SSSR count). The first-order valence-corrected chi connectivity index (χ1v) is 13.8. The molecule has 2 aliphatic heterocycles. The molecule has 0 bridgehead atoms. The van der Waals surface area contributed by atoms with Crippen molar-refractivity contribution in [3.63, 3.8) is 0 Å². The van der Waals surface area contributed by atoms with Crippen LogP contribution in [0, 0.1) is 0 Å². The quantitative estimate of drug-likeness (QED) is 0.248. The van der Waals surface area contributed by atoms with Gasteiger partial charge in [0.25, 0.3) is 11.7 Å². The van der Waals surface area contributed by atoms with Crippen LogP contribution in [0.5, 0.6) is 5.75 Å². The van der Waals surface area contributed by atoms with Crippen molar-refractivity contribution in [2.75, 3.05) is 37.7 Å². The number of hydrogen-bond donors (Lipinski definition) is 1. The van der Waals surface area contributed by atoms with Crippen molar-refractivity contribution in [3.05, 3.63) is 64.7 Å². The number of amides is 1. The highest BCUT2D eigenvalue weighted by Gasteiger charge is 2.47. The zero-order chi connectivity index (χ0) is 27.4. The summed E-state index contributed by atoms with van der Waals surface area (Å²) in [6.45, 7) is 13.5. The van der Waals surface area contributed by atoms with Crippen LogP contribution >= 0.6 is 0 Å². The molecule has 7 nitrogen and oxygen atoms in total. The molecule has 1 N–H and O–H groups in total. The van der Waals surface area contributed by atoms with E-state index in [1.807, 2.05) is 43.3 Å². The molecule has 2 heterocycles. The predicted molar refractivity (Wildman–Crippen MR) is 150 cm³/mol. The van der Waals surface area contributed by atoms with E-state index in [2.05, 4.69) is 32.6 Å². The normalized spacial score (nSPS) is 20.9. The van der Waals surface area contributed by atoms with Gasteiger partial charge in [0.05, 0.1) is 24.3 Å². The highest BCUT2D eigenvalue weighted by molar-refractivity contribution is 6.46. The van der Waals surface area contributed by atoms with Crippen molar-refractivity contribution in [2.24, 2.45) is 0 Å². The second-order valence-electron chi connectivity index (χ2n) is 10.2. The minimum Gasteiger partial charge on any atom is -0.507 e. The lowest BCUT2D eigenvalue weighted by Crippen LogP contribution is -2.36. The number of nitrogens with zero attached hydrogens (tertiary/aromatic N) is 2. The summed E-state index contributed by atoms with van der Waals surface area (Å²) in [4.78, 5) is 30.6. The fourth-order valence-electron chi connectivity index (χ4n) is 5.47. The fourth-order valence-corrected chi connectivity index (χ4v) is 5.47. The summed E-state index contributed by atoms with van der Waals surface area (Å²) in [5.41, 5.74) is 3.40. The maximum absolute atomic E-state index is 13.5. The molecule has 7 heteroatoms. The van der Waals surface area contributed by atoms with Crippen molar-refractivity contribution in [2.45, 2.75) is 65.5 Å². The van der Waals surface area contributed by atoms with Crippen LogP contribution in [0.4, 0.5) is 5.69 Å². The number of benzene rings is 2. The second-order valence-corrected chi connectivity index (χ2v) is 10.2. The van der Waals surface area contributed by atoms with E-state index in [0.29, 0.717) is 25.3 Å². The van der Waals surface area contributed by atoms with Gasteiger partial charge in [-0.3, -0.25) is 9.59 Å². The summed E-state index contributed by atoms with van der Waals surface area (Å²) in [7, 11) is 0. The number of ether oxygens (including phenoxy) is 2. The Morgan fingerprint density at radius 3 is 2.39 bits per heavy atom. The van der Waals surface area contributed by atoms with Gasteiger partial charge in [-0.25, -0.2) is 0 Å². The summed E-state index contributed by atoms with van der Waals surface area (Å²) in [6, 6.07) is 12.7. The van der Waals surface area contributed by atoms with Crippen LogP contribution in [-0.4, -0.2) is 60.6 Å². The third-order valence-electron chi connectivity index (χ3n) is 7.51. The van der Waals surface area contributed by atoms with Gasteiger partial charge in [0.2, 0.25) is 0 Å². The second kappa shape index (κ2) is 12.0. The molecule has 0 aliphatic carbocycles. The van der Waals surface area contributed by atoms with Gasteiger partial charge in [-0.2, -0.15) is 0 Å². The third kappa shape index (κ3) is 5.44. The lowest BCUT2D eigenvalue weighted by Gasteiger charge is -2.28. The van der Waals surface area contributed by atoms with Gasteiger partial charge < -0.3 is 24.4 Å². The molecule has 1 amide bonds. The van der Waals surface area contributed by atoms with E-state index in [-0.39, 0.29) is 23.4 Å². The zero-order valence-electron chi connectivity index (χ0n) is 23.2. The van der Waals surface area contributed by atoms with Crippen molar-refractivity contribution < 1.29 is 24.2 Å². The number of hydrogen-bond acceptors (Lipinski definition) is 6. The lowest BCUT2D eigenvalue weighted by molar-refractivity contribution is -0.140. The summed E-state index contributed by atoms with van der Waals surface area (Å²) >= 11 is 0. The maximum Gasteiger partial charge on any atom is 0.295 e. The van der Waals surface area contributed by atoms with Crippen molar-refractivity contribution >= 4 is 23.1 Å². The first-order chi connectivity index (χ1) is 18.3. The topological polar surface area (TPSA) is 79.3 Å². The Bertz CT molecular complexity index is 1180. The standard InChI is InChI=1S/C31H40N2O5/c1-6-32(7-2)23-14-11-21(12-15-23)28-27(30(35)31(36)33(28)19-24-10-9-17-38-24)29(34)22-13-16-26(37-8-3)25(18-22)20(4)5/h11-16,18,20,24,28,34H,6-10,17,19H2,1-5H3/b29-27-. The molecule has 2 unspecified atom stereocenters. The van der Waals surface area contributed by atoms with Gasteiger partial charge in [-0.1, -0.05) is 26.0 Å². The number of aliphatic hydroxyl groups is 1. The molecule has 2 atom stereocenters. The van der Waals surface area contributed by atoms with Crippen LogP contribution in [0.25, 0.3) is 5.76 Å². The summed E-state index contributed by atoms with van der Waals surface area (Å²) in [6.07, 6.45) is 1.65. The zero-order valence-corrected chi connectivity index (χ0v) is 23.2. The lowest BCUT2D eigenvalue weighted by atomic mass is 9.93. The minimum atomic E-state index is -0.695. The number of ketones is 1. The maximum atomic E-state index is 13.5. The van der Waals surface area contributed by atoms with E-state index in [1.165, 1.54) is 0 Å². The molecular weight excluding hydrogens is 480 g/mol. The molecule has 38 heavy (non-hydrogen) atoms. The van der Waals surface area contributed by atoms with E-state index in [9.17, 15) is 14.7 Å². The van der Waals surface area contributed by atoms with Crippen molar-refractivity contribution in [1.29, 1.82) is 0 Å². The van der Waals surface area contributed by atoms with Crippen LogP contribution < -0.4 is 9.64 Å². The highest BCUT2D eigenvalue weighted by Crippen LogP contribution is 2.41. The van der Waals surface area contributed by atoms with Crippen LogP contribution in [-0.2, 0) is 14.3 Å². The molecule has 2 saturated heterocycles. The smallest absolute Gasteiger partial charge is 0.295 e. The molecule has 204 valence electrons. The van der Waals surface area contributed by atoms with E-state index < -0.39 is 17.7 Å². The summed E-state index contributed by atoms with van der Waals surface area (Å²) in [5.74, 6) is -0.537. The van der Waals surface area contributed by atoms with Crippen LogP contribution in [0.1, 0.15) is 76.1 Å². The largest absolute Gasteiger partial charge is 0.507 e. The monoisotopic (exact) mass is 520 g/mol. The number of carbonyl (C=O) groups is 2. The SMILES string of the molecule is CCOc1ccc(/C(O)=C2/C(=O)C(=O)N(CC3CCCO3)C2c2ccc(N(CC)CC)cc2)cc1C(C)C. The molecule has 0 saturated carbocycles. The Morgan fingerprint density at radius 2 is 1.82 bits per heavy atom. The molecule has 2 fully saturated rings. The molecule has 2 aromatic rings. The van der Waals surface area contributed by atoms with Gasteiger partial charge in [-0.15, -0.1) is 0 Å². The third-order valence-corrected chi connectivity index (χ3v) is 7.51. The van der Waals surface area contributed by atoms with E-state index in [4.69, 9.17) is 9.47 Å². The number of aliphatic hydroxyl groups excluding tert-OH is 1. The van der Waals surface area contributed by atoms with Crippen molar-refractivity contribution in [1.82, 2.24) is 4.90 Å². The van der Waals surface area contributed by atoms with E-state index in [1.54, 1.807) is 11.0 Å². The minimum absolute atomic E-state index is 0.113. The first kappa shape index (κ1) is 27.7. The summed E-state index contributed by atoms with van der Waals surface area (Å²) in [5, 5.41) is 11.6. The van der Waals surface area contributed by atoms with Crippen LogP contribution in [0.3, 0.4) is 0 Å². The Balaban J connectivity index is 1.82. The van der Waals surface area contributed by atoms with Crippen LogP contribution in [0.15, 0.2) is 48.0 Å². The Labute approximate surface area is 226 Å². The van der Waals surface area contributed by atoms with Gasteiger partial charge in [0, 0.05) is 37.5 Å². The van der Waals surface area contributed by atoms with Gasteiger partial charge in [0.15, 0.2) is 0 Å². The molecule has 2 aromatic carbocycles. The van der Waals surface area contributed by atoms with E-state index >= 15 is 0 Å². The van der Waals surface area contributed by atoms with E-state index in [0.717, 1.165) is 48.5 Å². The molecule has 0 radical (unpaired) electrons. The average molecular weight is 521 g/mol. The van der Waals surface area contributed by atoms with Gasteiger partial charge in [0.1, 0.15) is 11.5 Å². The number of Topliss-reactive ketones (excluding diaryl/α,β-unsaturated/α-hetero) is 1. The summed E-state index contributed by atoms with van der Waals surface area (Å²) < 4.78 is 11.6. The first-order valence-electron chi connectivity index (χ1n) is 13.8. The Morgan fingerprint density at radius 1 is 1.11 bits per heavy atom. The number of carbonyl (C=O) groups excluding carboxylic acids is 2. The fraction of sp³-hybridized carbons (Fsp3) is 0.484.